The second-order valence-corrected chi connectivity index (χ2v) is 5.42. The number of anilines is 1. The van der Waals surface area contributed by atoms with E-state index < -0.39 is 12.1 Å². The lowest BCUT2D eigenvalue weighted by atomic mass is 10.1. The quantitative estimate of drug-likeness (QED) is 0.629. The summed E-state index contributed by atoms with van der Waals surface area (Å²) < 4.78 is 13.4. The maximum absolute atomic E-state index is 13.4. The van der Waals surface area contributed by atoms with Crippen LogP contribution in [0.1, 0.15) is 62.2 Å². The first-order valence-electron chi connectivity index (χ1n) is 7.80. The van der Waals surface area contributed by atoms with E-state index in [0.29, 0.717) is 37.8 Å². The molecule has 0 heterocycles. The first-order chi connectivity index (χ1) is 10.5. The Morgan fingerprint density at radius 2 is 1.77 bits per heavy atom. The molecule has 1 rings (SSSR count). The third-order valence-corrected chi connectivity index (χ3v) is 3.46. The highest BCUT2D eigenvalue weighted by Crippen LogP contribution is 2.14. The second kappa shape index (κ2) is 9.92. The van der Waals surface area contributed by atoms with Gasteiger partial charge in [0.2, 0.25) is 5.91 Å². The molecule has 0 aliphatic heterocycles. The molecule has 0 spiro atoms. The van der Waals surface area contributed by atoms with Gasteiger partial charge in [0, 0.05) is 12.1 Å². The molecular formula is C17H24FNO3. The summed E-state index contributed by atoms with van der Waals surface area (Å²) in [4.78, 5) is 22.4. The summed E-state index contributed by atoms with van der Waals surface area (Å²) in [6.45, 7) is 2.04. The summed E-state index contributed by atoms with van der Waals surface area (Å²) in [7, 11) is 0. The molecule has 0 saturated heterocycles. The van der Waals surface area contributed by atoms with E-state index in [2.05, 4.69) is 5.32 Å². The molecule has 0 fully saturated rings. The topological polar surface area (TPSA) is 66.4 Å². The summed E-state index contributed by atoms with van der Waals surface area (Å²) in [6.07, 6.45) is 3.99. The minimum Gasteiger partial charge on any atom is -0.478 e. The number of unbranched alkanes of at least 4 members (excludes halogenated alkanes) is 2. The molecule has 22 heavy (non-hydrogen) atoms. The van der Waals surface area contributed by atoms with Gasteiger partial charge in [0.1, 0.15) is 6.17 Å². The van der Waals surface area contributed by atoms with Gasteiger partial charge in [-0.1, -0.05) is 26.2 Å². The highest BCUT2D eigenvalue weighted by Gasteiger charge is 2.08. The lowest BCUT2D eigenvalue weighted by Gasteiger charge is -2.08. The van der Waals surface area contributed by atoms with Crippen LogP contribution in [0, 0.1) is 0 Å². The second-order valence-electron chi connectivity index (χ2n) is 5.42. The number of halogens is 1. The van der Waals surface area contributed by atoms with Crippen molar-refractivity contribution >= 4 is 17.6 Å². The van der Waals surface area contributed by atoms with E-state index in [9.17, 15) is 14.0 Å². The molecule has 0 radical (unpaired) electrons. The molecule has 0 saturated carbocycles. The number of rotatable bonds is 10. The van der Waals surface area contributed by atoms with Crippen LogP contribution in [0.2, 0.25) is 0 Å². The molecule has 4 nitrogen and oxygen atoms in total. The predicted molar refractivity (Wildman–Crippen MR) is 84.9 cm³/mol. The van der Waals surface area contributed by atoms with Crippen LogP contribution in [0.3, 0.4) is 0 Å². The summed E-state index contributed by atoms with van der Waals surface area (Å²) in [5, 5.41) is 11.5. The van der Waals surface area contributed by atoms with Crippen molar-refractivity contribution in [1.29, 1.82) is 0 Å². The molecule has 0 aromatic heterocycles. The number of alkyl halides is 1. The van der Waals surface area contributed by atoms with E-state index in [1.165, 1.54) is 12.1 Å². The van der Waals surface area contributed by atoms with E-state index in [1.54, 1.807) is 12.1 Å². The largest absolute Gasteiger partial charge is 0.478 e. The minimum absolute atomic E-state index is 0.132. The number of benzene rings is 1. The number of nitrogens with one attached hydrogen (secondary N) is 1. The first-order valence-corrected chi connectivity index (χ1v) is 7.80. The Hall–Kier alpha value is -1.91. The molecule has 0 bridgehead atoms. The van der Waals surface area contributed by atoms with Crippen LogP contribution in [-0.4, -0.2) is 23.2 Å². The van der Waals surface area contributed by atoms with E-state index in [-0.39, 0.29) is 11.5 Å². The van der Waals surface area contributed by atoms with Crippen molar-refractivity contribution in [2.75, 3.05) is 5.32 Å². The Morgan fingerprint density at radius 3 is 2.36 bits per heavy atom. The average molecular weight is 309 g/mol. The minimum atomic E-state index is -0.998. The highest BCUT2D eigenvalue weighted by molar-refractivity contribution is 5.92. The number of hydrogen-bond acceptors (Lipinski definition) is 2. The van der Waals surface area contributed by atoms with Crippen molar-refractivity contribution in [2.24, 2.45) is 0 Å². The Kier molecular flexibility index (Phi) is 8.18. The predicted octanol–water partition coefficient (Wildman–Crippen LogP) is 4.41. The van der Waals surface area contributed by atoms with E-state index in [4.69, 9.17) is 5.11 Å². The fourth-order valence-corrected chi connectivity index (χ4v) is 2.14. The zero-order valence-electron chi connectivity index (χ0n) is 13.0. The third kappa shape index (κ3) is 7.20. The van der Waals surface area contributed by atoms with Crippen molar-refractivity contribution < 1.29 is 19.1 Å². The molecular weight excluding hydrogens is 285 g/mol. The number of hydrogen-bond donors (Lipinski definition) is 2. The number of carbonyl (C=O) groups excluding carboxylic acids is 1. The Labute approximate surface area is 130 Å². The summed E-state index contributed by atoms with van der Waals surface area (Å²) in [5.74, 6) is -1.13. The molecule has 0 aliphatic carbocycles. The lowest BCUT2D eigenvalue weighted by Crippen LogP contribution is -2.11. The van der Waals surface area contributed by atoms with Gasteiger partial charge in [-0.05, 0) is 43.5 Å². The maximum Gasteiger partial charge on any atom is 0.335 e. The smallest absolute Gasteiger partial charge is 0.335 e. The van der Waals surface area contributed by atoms with Crippen molar-refractivity contribution in [1.82, 2.24) is 0 Å². The SMILES string of the molecule is CCCCC(F)CCCCC(=O)Nc1ccc(C(=O)O)cc1. The van der Waals surface area contributed by atoms with Gasteiger partial charge >= 0.3 is 5.97 Å². The zero-order chi connectivity index (χ0) is 16.4. The molecule has 122 valence electrons. The molecule has 1 unspecified atom stereocenters. The van der Waals surface area contributed by atoms with Crippen LogP contribution in [0.5, 0.6) is 0 Å². The normalized spacial score (nSPS) is 11.9. The molecule has 1 aromatic carbocycles. The Balaban J connectivity index is 2.22. The van der Waals surface area contributed by atoms with Gasteiger partial charge in [0.05, 0.1) is 5.56 Å². The van der Waals surface area contributed by atoms with Crippen LogP contribution in [0.4, 0.5) is 10.1 Å². The number of carbonyl (C=O) groups is 2. The van der Waals surface area contributed by atoms with Crippen LogP contribution >= 0.6 is 0 Å². The van der Waals surface area contributed by atoms with Crippen molar-refractivity contribution in [2.45, 2.75) is 58.0 Å². The fraction of sp³-hybridized carbons (Fsp3) is 0.529. The number of aromatic carboxylic acids is 1. The Morgan fingerprint density at radius 1 is 1.14 bits per heavy atom. The average Bonchev–Trinajstić information content (AvgIpc) is 2.50. The molecule has 1 aromatic rings. The van der Waals surface area contributed by atoms with Gasteiger partial charge in [0.25, 0.3) is 0 Å². The van der Waals surface area contributed by atoms with E-state index in [1.807, 2.05) is 6.92 Å². The highest BCUT2D eigenvalue weighted by atomic mass is 19.1. The van der Waals surface area contributed by atoms with E-state index in [0.717, 1.165) is 12.8 Å². The monoisotopic (exact) mass is 309 g/mol. The van der Waals surface area contributed by atoms with Crippen LogP contribution in [-0.2, 0) is 4.79 Å². The number of carboxylic acids is 1. The summed E-state index contributed by atoms with van der Waals surface area (Å²) in [5.41, 5.74) is 0.750. The molecule has 5 heteroatoms. The van der Waals surface area contributed by atoms with Crippen LogP contribution < -0.4 is 5.32 Å². The summed E-state index contributed by atoms with van der Waals surface area (Å²) in [6, 6.07) is 6.01. The van der Waals surface area contributed by atoms with Gasteiger partial charge in [-0.3, -0.25) is 4.79 Å². The molecule has 1 atom stereocenters. The third-order valence-electron chi connectivity index (χ3n) is 3.46. The fourth-order valence-electron chi connectivity index (χ4n) is 2.14. The number of carboxylic acid groups (broad SMARTS) is 1. The summed E-state index contributed by atoms with van der Waals surface area (Å²) >= 11 is 0. The van der Waals surface area contributed by atoms with Crippen molar-refractivity contribution in [3.05, 3.63) is 29.8 Å². The first kappa shape index (κ1) is 18.1. The maximum atomic E-state index is 13.4. The van der Waals surface area contributed by atoms with Gasteiger partial charge in [-0.2, -0.15) is 0 Å². The van der Waals surface area contributed by atoms with E-state index >= 15 is 0 Å². The lowest BCUT2D eigenvalue weighted by molar-refractivity contribution is -0.116. The molecule has 2 N–H and O–H groups in total. The molecule has 1 amide bonds. The zero-order valence-corrected chi connectivity index (χ0v) is 13.0. The van der Waals surface area contributed by atoms with Gasteiger partial charge in [-0.25, -0.2) is 9.18 Å². The van der Waals surface area contributed by atoms with Crippen molar-refractivity contribution in [3.63, 3.8) is 0 Å². The van der Waals surface area contributed by atoms with Gasteiger partial charge < -0.3 is 10.4 Å². The Bertz CT molecular complexity index is 473. The van der Waals surface area contributed by atoms with Crippen molar-refractivity contribution in [3.8, 4) is 0 Å². The van der Waals surface area contributed by atoms with Crippen LogP contribution in [0.25, 0.3) is 0 Å². The van der Waals surface area contributed by atoms with Crippen LogP contribution in [0.15, 0.2) is 24.3 Å². The van der Waals surface area contributed by atoms with Gasteiger partial charge in [-0.15, -0.1) is 0 Å². The standard InChI is InChI=1S/C17H24FNO3/c1-2-3-6-14(18)7-4-5-8-16(20)19-15-11-9-13(10-12-15)17(21)22/h9-12,14H,2-8H2,1H3,(H,19,20)(H,21,22). The number of amides is 1. The molecule has 0 aliphatic rings. The van der Waals surface area contributed by atoms with Gasteiger partial charge in [0.15, 0.2) is 0 Å².